The van der Waals surface area contributed by atoms with Gasteiger partial charge in [0, 0.05) is 6.04 Å². The van der Waals surface area contributed by atoms with Gasteiger partial charge in [0.2, 0.25) is 0 Å². The lowest BCUT2D eigenvalue weighted by molar-refractivity contribution is 0.143. The molecule has 1 aromatic rings. The van der Waals surface area contributed by atoms with Crippen LogP contribution in [0.2, 0.25) is 0 Å². The maximum atomic E-state index is 8.94. The fourth-order valence-electron chi connectivity index (χ4n) is 2.65. The van der Waals surface area contributed by atoms with E-state index in [-0.39, 0.29) is 0 Å². The van der Waals surface area contributed by atoms with Crippen LogP contribution in [0, 0.1) is 17.2 Å². The van der Waals surface area contributed by atoms with E-state index in [1.807, 2.05) is 18.2 Å². The molecule has 96 valence electrons. The molecule has 1 heterocycles. The molecule has 0 saturated carbocycles. The number of hydrogen-bond acceptors (Lipinski definition) is 3. The SMILES string of the molecule is CC(c1cccc(C#N)c1)N1CCC(CN)CC1. The van der Waals surface area contributed by atoms with Gasteiger partial charge < -0.3 is 5.73 Å². The average Bonchev–Trinajstić information content (AvgIpc) is 2.46. The first-order valence-electron chi connectivity index (χ1n) is 6.68. The summed E-state index contributed by atoms with van der Waals surface area (Å²) in [6.45, 7) is 5.25. The summed E-state index contributed by atoms with van der Waals surface area (Å²) in [7, 11) is 0. The van der Waals surface area contributed by atoms with Crippen molar-refractivity contribution in [3.63, 3.8) is 0 Å². The highest BCUT2D eigenvalue weighted by atomic mass is 15.2. The average molecular weight is 243 g/mol. The monoisotopic (exact) mass is 243 g/mol. The van der Waals surface area contributed by atoms with Crippen molar-refractivity contribution in [1.29, 1.82) is 5.26 Å². The van der Waals surface area contributed by atoms with Gasteiger partial charge in [0.05, 0.1) is 11.6 Å². The number of nitriles is 1. The Kier molecular flexibility index (Phi) is 4.35. The molecule has 0 aromatic heterocycles. The summed E-state index contributed by atoms with van der Waals surface area (Å²) in [4.78, 5) is 2.49. The van der Waals surface area contributed by atoms with Crippen LogP contribution in [-0.2, 0) is 0 Å². The summed E-state index contributed by atoms with van der Waals surface area (Å²) in [5.41, 5.74) is 7.70. The van der Waals surface area contributed by atoms with Crippen molar-refractivity contribution >= 4 is 0 Å². The third kappa shape index (κ3) is 2.90. The minimum Gasteiger partial charge on any atom is -0.330 e. The summed E-state index contributed by atoms with van der Waals surface area (Å²) in [6.07, 6.45) is 2.39. The molecule has 2 rings (SSSR count). The van der Waals surface area contributed by atoms with Crippen molar-refractivity contribution in [2.75, 3.05) is 19.6 Å². The van der Waals surface area contributed by atoms with Crippen LogP contribution in [0.25, 0.3) is 0 Å². The molecule has 0 bridgehead atoms. The highest BCUT2D eigenvalue weighted by Crippen LogP contribution is 2.26. The molecule has 1 atom stereocenters. The van der Waals surface area contributed by atoms with E-state index in [2.05, 4.69) is 24.0 Å². The highest BCUT2D eigenvalue weighted by Gasteiger charge is 2.22. The zero-order valence-corrected chi connectivity index (χ0v) is 11.0. The summed E-state index contributed by atoms with van der Waals surface area (Å²) in [5, 5.41) is 8.94. The van der Waals surface area contributed by atoms with Gasteiger partial charge in [-0.1, -0.05) is 12.1 Å². The van der Waals surface area contributed by atoms with Gasteiger partial charge in [-0.15, -0.1) is 0 Å². The molecule has 1 fully saturated rings. The van der Waals surface area contributed by atoms with Gasteiger partial charge in [0.25, 0.3) is 0 Å². The van der Waals surface area contributed by atoms with Gasteiger partial charge >= 0.3 is 0 Å². The highest BCUT2D eigenvalue weighted by molar-refractivity contribution is 5.34. The molecule has 3 heteroatoms. The van der Waals surface area contributed by atoms with Crippen molar-refractivity contribution in [2.45, 2.75) is 25.8 Å². The van der Waals surface area contributed by atoms with Gasteiger partial charge in [-0.3, -0.25) is 4.90 Å². The van der Waals surface area contributed by atoms with Crippen LogP contribution < -0.4 is 5.73 Å². The molecular formula is C15H21N3. The van der Waals surface area contributed by atoms with Crippen molar-refractivity contribution in [3.8, 4) is 6.07 Å². The Bertz CT molecular complexity index is 428. The van der Waals surface area contributed by atoms with Crippen molar-refractivity contribution in [2.24, 2.45) is 11.7 Å². The molecule has 3 nitrogen and oxygen atoms in total. The fourth-order valence-corrected chi connectivity index (χ4v) is 2.65. The molecule has 1 aliphatic rings. The van der Waals surface area contributed by atoms with E-state index in [0.717, 1.165) is 25.2 Å². The van der Waals surface area contributed by atoms with E-state index in [1.165, 1.54) is 18.4 Å². The second kappa shape index (κ2) is 5.99. The predicted molar refractivity (Wildman–Crippen MR) is 72.9 cm³/mol. The van der Waals surface area contributed by atoms with Gasteiger partial charge in [-0.05, 0) is 63.0 Å². The fraction of sp³-hybridized carbons (Fsp3) is 0.533. The van der Waals surface area contributed by atoms with Crippen LogP contribution in [0.15, 0.2) is 24.3 Å². The third-order valence-electron chi connectivity index (χ3n) is 4.03. The molecule has 1 unspecified atom stereocenters. The van der Waals surface area contributed by atoms with Crippen molar-refractivity contribution in [1.82, 2.24) is 4.90 Å². The normalized spacial score (nSPS) is 19.4. The standard InChI is InChI=1S/C15H21N3/c1-12(15-4-2-3-14(9-15)11-17)18-7-5-13(10-16)6-8-18/h2-4,9,12-13H,5-8,10,16H2,1H3. The molecule has 0 aliphatic carbocycles. The zero-order chi connectivity index (χ0) is 13.0. The number of rotatable bonds is 3. The second-order valence-electron chi connectivity index (χ2n) is 5.13. The summed E-state index contributed by atoms with van der Waals surface area (Å²) in [5.74, 6) is 0.693. The number of likely N-dealkylation sites (tertiary alicyclic amines) is 1. The Morgan fingerprint density at radius 2 is 2.17 bits per heavy atom. The Balaban J connectivity index is 2.03. The molecule has 2 N–H and O–H groups in total. The van der Waals surface area contributed by atoms with Gasteiger partial charge in [0.15, 0.2) is 0 Å². The van der Waals surface area contributed by atoms with Crippen LogP contribution in [0.4, 0.5) is 0 Å². The van der Waals surface area contributed by atoms with E-state index in [0.29, 0.717) is 12.0 Å². The van der Waals surface area contributed by atoms with Crippen molar-refractivity contribution in [3.05, 3.63) is 35.4 Å². The first kappa shape index (κ1) is 13.1. The molecule has 18 heavy (non-hydrogen) atoms. The largest absolute Gasteiger partial charge is 0.330 e. The van der Waals surface area contributed by atoms with E-state index in [9.17, 15) is 0 Å². The van der Waals surface area contributed by atoms with E-state index >= 15 is 0 Å². The Morgan fingerprint density at radius 3 is 2.78 bits per heavy atom. The number of nitrogens with zero attached hydrogens (tertiary/aromatic N) is 2. The Hall–Kier alpha value is -1.37. The van der Waals surface area contributed by atoms with E-state index in [1.54, 1.807) is 0 Å². The quantitative estimate of drug-likeness (QED) is 0.886. The maximum absolute atomic E-state index is 8.94. The predicted octanol–water partition coefficient (Wildman–Crippen LogP) is 2.29. The lowest BCUT2D eigenvalue weighted by Crippen LogP contribution is -2.37. The van der Waals surface area contributed by atoms with Crippen LogP contribution >= 0.6 is 0 Å². The summed E-state index contributed by atoms with van der Waals surface area (Å²) in [6, 6.07) is 10.5. The smallest absolute Gasteiger partial charge is 0.0991 e. The maximum Gasteiger partial charge on any atom is 0.0991 e. The number of nitrogens with two attached hydrogens (primary N) is 1. The molecule has 1 aromatic carbocycles. The van der Waals surface area contributed by atoms with Crippen LogP contribution in [0.3, 0.4) is 0 Å². The molecule has 1 saturated heterocycles. The zero-order valence-electron chi connectivity index (χ0n) is 11.0. The second-order valence-corrected chi connectivity index (χ2v) is 5.13. The lowest BCUT2D eigenvalue weighted by Gasteiger charge is -2.36. The third-order valence-corrected chi connectivity index (χ3v) is 4.03. The number of hydrogen-bond donors (Lipinski definition) is 1. The minimum absolute atomic E-state index is 0.386. The first-order valence-corrected chi connectivity index (χ1v) is 6.68. The molecule has 0 radical (unpaired) electrons. The minimum atomic E-state index is 0.386. The van der Waals surface area contributed by atoms with Gasteiger partial charge in [0.1, 0.15) is 0 Å². The Morgan fingerprint density at radius 1 is 1.44 bits per heavy atom. The van der Waals surface area contributed by atoms with E-state index < -0.39 is 0 Å². The summed E-state index contributed by atoms with van der Waals surface area (Å²) < 4.78 is 0. The topological polar surface area (TPSA) is 53.0 Å². The molecular weight excluding hydrogens is 222 g/mol. The molecule has 0 spiro atoms. The first-order chi connectivity index (χ1) is 8.74. The number of piperidine rings is 1. The molecule has 0 amide bonds. The molecule has 1 aliphatic heterocycles. The number of benzene rings is 1. The van der Waals surface area contributed by atoms with E-state index in [4.69, 9.17) is 11.0 Å². The Labute approximate surface area is 109 Å². The lowest BCUT2D eigenvalue weighted by atomic mass is 9.94. The van der Waals surface area contributed by atoms with Crippen molar-refractivity contribution < 1.29 is 0 Å². The van der Waals surface area contributed by atoms with Crippen LogP contribution in [0.1, 0.15) is 36.9 Å². The van der Waals surface area contributed by atoms with Crippen LogP contribution in [-0.4, -0.2) is 24.5 Å². The summed E-state index contributed by atoms with van der Waals surface area (Å²) >= 11 is 0. The van der Waals surface area contributed by atoms with Gasteiger partial charge in [-0.25, -0.2) is 0 Å². The van der Waals surface area contributed by atoms with Crippen LogP contribution in [0.5, 0.6) is 0 Å². The van der Waals surface area contributed by atoms with Gasteiger partial charge in [-0.2, -0.15) is 5.26 Å².